The molecule has 218 valence electrons. The number of nitrogens with one attached hydrogen (secondary N) is 1. The molecule has 2 amide bonds. The Morgan fingerprint density at radius 2 is 1.70 bits per heavy atom. The summed E-state index contributed by atoms with van der Waals surface area (Å²) in [6.45, 7) is 2.36. The standard InChI is InChI=1S/C33H26BrClN2O4S2/c1-15-2-9-19(10-3-15)37-31(38)26-21-13-22(27(26)32(37)39)28-25(21)24(29-30(42-28)36-33(40)43-29)20-12-17(34)6-11-23(20)41-14-16-4-7-18(35)8-5-16/h2-12,21-22,24-28H,13-14H2,1H3,(H,36,40)/t21?,22?,24-,25?,26?,27?,28?/m1/s1. The van der Waals surface area contributed by atoms with Crippen LogP contribution in [0, 0.1) is 36.5 Å². The first-order valence-electron chi connectivity index (χ1n) is 14.3. The molecular weight excluding hydrogens is 668 g/mol. The van der Waals surface area contributed by atoms with Crippen LogP contribution in [-0.4, -0.2) is 22.0 Å². The molecule has 0 spiro atoms. The van der Waals surface area contributed by atoms with E-state index in [1.54, 1.807) is 11.8 Å². The van der Waals surface area contributed by atoms with Gasteiger partial charge in [0.2, 0.25) is 11.8 Å². The molecule has 7 atom stereocenters. The molecule has 3 fully saturated rings. The van der Waals surface area contributed by atoms with Gasteiger partial charge in [-0.15, -0.1) is 11.8 Å². The number of amides is 2. The Labute approximate surface area is 269 Å². The second-order valence-corrected chi connectivity index (χ2v) is 15.5. The van der Waals surface area contributed by atoms with Crippen LogP contribution in [0.4, 0.5) is 5.69 Å². The van der Waals surface area contributed by atoms with E-state index in [-0.39, 0.29) is 57.4 Å². The smallest absolute Gasteiger partial charge is 0.305 e. The van der Waals surface area contributed by atoms with E-state index >= 15 is 0 Å². The average molecular weight is 694 g/mol. The second kappa shape index (κ2) is 10.4. The molecule has 3 heterocycles. The van der Waals surface area contributed by atoms with Gasteiger partial charge in [0.25, 0.3) is 0 Å². The molecule has 1 aromatic heterocycles. The number of H-pyrrole nitrogens is 1. The predicted molar refractivity (Wildman–Crippen MR) is 172 cm³/mol. The molecule has 1 saturated heterocycles. The van der Waals surface area contributed by atoms with Gasteiger partial charge in [-0.2, -0.15) is 0 Å². The summed E-state index contributed by atoms with van der Waals surface area (Å²) in [6, 6.07) is 21.2. The fraction of sp³-hybridized carbons (Fsp3) is 0.303. The SMILES string of the molecule is Cc1ccc(N2C(=O)C3C4CC(C3C2=O)C2C4Sc3[nH]c(=O)sc3[C@@H]2c2cc(Br)ccc2OCc2ccc(Cl)cc2)cc1. The summed E-state index contributed by atoms with van der Waals surface area (Å²) in [5.41, 5.74) is 3.72. The molecule has 3 aromatic carbocycles. The highest BCUT2D eigenvalue weighted by atomic mass is 79.9. The summed E-state index contributed by atoms with van der Waals surface area (Å²) in [5.74, 6) is -0.0908. The molecule has 43 heavy (non-hydrogen) atoms. The van der Waals surface area contributed by atoms with Crippen molar-refractivity contribution in [1.82, 2.24) is 4.98 Å². The number of anilines is 1. The lowest BCUT2D eigenvalue weighted by atomic mass is 9.68. The van der Waals surface area contributed by atoms with Gasteiger partial charge in [-0.3, -0.25) is 19.3 Å². The van der Waals surface area contributed by atoms with Crippen LogP contribution in [-0.2, 0) is 16.2 Å². The number of carbonyl (C=O) groups excluding carboxylic acids is 2. The van der Waals surface area contributed by atoms with E-state index in [0.717, 1.165) is 43.2 Å². The molecule has 10 heteroatoms. The summed E-state index contributed by atoms with van der Waals surface area (Å²) < 4.78 is 7.36. The predicted octanol–water partition coefficient (Wildman–Crippen LogP) is 7.42. The molecule has 0 radical (unpaired) electrons. The van der Waals surface area contributed by atoms with Crippen LogP contribution in [0.2, 0.25) is 5.02 Å². The number of imide groups is 1. The molecule has 8 rings (SSSR count). The Hall–Kier alpha value is -2.85. The van der Waals surface area contributed by atoms with E-state index in [1.807, 2.05) is 67.6 Å². The third-order valence-corrected chi connectivity index (χ3v) is 13.0. The molecule has 4 aliphatic rings. The zero-order chi connectivity index (χ0) is 29.6. The molecule has 2 aliphatic heterocycles. The minimum absolute atomic E-state index is 0.0258. The maximum Gasteiger partial charge on any atom is 0.305 e. The number of nitrogens with zero attached hydrogens (tertiary/aromatic N) is 1. The molecule has 2 aliphatic carbocycles. The number of aromatic nitrogens is 1. The monoisotopic (exact) mass is 692 g/mol. The Morgan fingerprint density at radius 3 is 2.44 bits per heavy atom. The molecule has 2 saturated carbocycles. The van der Waals surface area contributed by atoms with Gasteiger partial charge in [-0.1, -0.05) is 68.7 Å². The zero-order valence-corrected chi connectivity index (χ0v) is 26.9. The Kier molecular flexibility index (Phi) is 6.67. The number of thioether (sulfide) groups is 1. The van der Waals surface area contributed by atoms with Gasteiger partial charge in [0.15, 0.2) is 0 Å². The number of hydrogen-bond donors (Lipinski definition) is 1. The first kappa shape index (κ1) is 27.7. The van der Waals surface area contributed by atoms with Crippen LogP contribution >= 0.6 is 50.6 Å². The maximum absolute atomic E-state index is 14.0. The lowest BCUT2D eigenvalue weighted by Crippen LogP contribution is -2.42. The highest BCUT2D eigenvalue weighted by Gasteiger charge is 2.69. The van der Waals surface area contributed by atoms with E-state index in [9.17, 15) is 14.4 Å². The van der Waals surface area contributed by atoms with Crippen LogP contribution in [0.25, 0.3) is 0 Å². The fourth-order valence-electron chi connectivity index (χ4n) is 7.95. The second-order valence-electron chi connectivity index (χ2n) is 11.9. The van der Waals surface area contributed by atoms with E-state index in [1.165, 1.54) is 16.2 Å². The van der Waals surface area contributed by atoms with Crippen molar-refractivity contribution >= 4 is 68.1 Å². The quantitative estimate of drug-likeness (QED) is 0.220. The number of halogens is 2. The maximum atomic E-state index is 14.0. The highest BCUT2D eigenvalue weighted by molar-refractivity contribution is 9.10. The number of benzene rings is 3. The average Bonchev–Trinajstić information content (AvgIpc) is 3.73. The Morgan fingerprint density at radius 1 is 0.977 bits per heavy atom. The number of hydrogen-bond acceptors (Lipinski definition) is 6. The Balaban J connectivity index is 1.20. The van der Waals surface area contributed by atoms with Crippen molar-refractivity contribution < 1.29 is 14.3 Å². The number of thiazole rings is 1. The van der Waals surface area contributed by atoms with Crippen molar-refractivity contribution in [3.05, 3.63) is 107 Å². The topological polar surface area (TPSA) is 79.5 Å². The third-order valence-electron chi connectivity index (χ3n) is 9.63. The molecule has 1 N–H and O–H groups in total. The number of fused-ring (bicyclic) bond motifs is 9. The first-order chi connectivity index (χ1) is 20.8. The van der Waals surface area contributed by atoms with Crippen LogP contribution in [0.5, 0.6) is 5.75 Å². The molecule has 6 nitrogen and oxygen atoms in total. The summed E-state index contributed by atoms with van der Waals surface area (Å²) in [5, 5.41) is 1.65. The van der Waals surface area contributed by atoms with Gasteiger partial charge in [0.1, 0.15) is 12.4 Å². The van der Waals surface area contributed by atoms with E-state index < -0.39 is 0 Å². The van der Waals surface area contributed by atoms with Crippen molar-refractivity contribution in [1.29, 1.82) is 0 Å². The lowest BCUT2D eigenvalue weighted by molar-refractivity contribution is -0.123. The van der Waals surface area contributed by atoms with Gasteiger partial charge in [0.05, 0.1) is 22.5 Å². The molecular formula is C33H26BrClN2O4S2. The van der Waals surface area contributed by atoms with Gasteiger partial charge < -0.3 is 9.72 Å². The van der Waals surface area contributed by atoms with E-state index in [2.05, 4.69) is 27.0 Å². The molecule has 6 unspecified atom stereocenters. The van der Waals surface area contributed by atoms with Gasteiger partial charge in [-0.05, 0) is 79.1 Å². The summed E-state index contributed by atoms with van der Waals surface area (Å²) in [7, 11) is 0. The molecule has 4 aromatic rings. The van der Waals surface area contributed by atoms with Gasteiger partial charge in [0, 0.05) is 31.1 Å². The van der Waals surface area contributed by atoms with Crippen molar-refractivity contribution in [2.75, 3.05) is 4.90 Å². The van der Waals surface area contributed by atoms with Crippen LogP contribution in [0.1, 0.15) is 33.9 Å². The largest absolute Gasteiger partial charge is 0.489 e. The van der Waals surface area contributed by atoms with Gasteiger partial charge >= 0.3 is 4.87 Å². The minimum atomic E-state index is -0.356. The van der Waals surface area contributed by atoms with Gasteiger partial charge in [-0.25, -0.2) is 0 Å². The summed E-state index contributed by atoms with van der Waals surface area (Å²) in [6.07, 6.45) is 0.835. The lowest BCUT2D eigenvalue weighted by Gasteiger charge is -2.43. The van der Waals surface area contributed by atoms with E-state index in [4.69, 9.17) is 16.3 Å². The fourth-order valence-corrected chi connectivity index (χ4v) is 11.3. The third kappa shape index (κ3) is 4.37. The van der Waals surface area contributed by atoms with Crippen LogP contribution in [0.3, 0.4) is 0 Å². The highest BCUT2D eigenvalue weighted by Crippen LogP contribution is 2.69. The molecule has 2 bridgehead atoms. The first-order valence-corrected chi connectivity index (χ1v) is 17.2. The number of ether oxygens (including phenoxy) is 1. The van der Waals surface area contributed by atoms with Crippen LogP contribution < -0.4 is 14.5 Å². The minimum Gasteiger partial charge on any atom is -0.489 e. The number of carbonyl (C=O) groups is 2. The number of aryl methyl sites for hydroxylation is 1. The summed E-state index contributed by atoms with van der Waals surface area (Å²) >= 11 is 12.7. The van der Waals surface area contributed by atoms with Crippen LogP contribution in [0.15, 0.2) is 81.0 Å². The number of rotatable bonds is 5. The van der Waals surface area contributed by atoms with Crippen molar-refractivity contribution in [3.8, 4) is 5.75 Å². The Bertz CT molecular complexity index is 1840. The zero-order valence-electron chi connectivity index (χ0n) is 23.0. The number of aromatic amines is 1. The van der Waals surface area contributed by atoms with Crippen molar-refractivity contribution in [2.24, 2.45) is 29.6 Å². The van der Waals surface area contributed by atoms with Crippen molar-refractivity contribution in [3.63, 3.8) is 0 Å². The van der Waals surface area contributed by atoms with Crippen molar-refractivity contribution in [2.45, 2.75) is 36.1 Å². The normalized spacial score (nSPS) is 28.6. The summed E-state index contributed by atoms with van der Waals surface area (Å²) in [4.78, 5) is 46.1. The van der Waals surface area contributed by atoms with E-state index in [0.29, 0.717) is 17.3 Å².